The molecule has 0 fully saturated rings. The van der Waals surface area contributed by atoms with Gasteiger partial charge in [-0.15, -0.1) is 0 Å². The molecule has 0 N–H and O–H groups in total. The van der Waals surface area contributed by atoms with Crippen molar-refractivity contribution in [3.05, 3.63) is 54.0 Å². The summed E-state index contributed by atoms with van der Waals surface area (Å²) >= 11 is 0. The summed E-state index contributed by atoms with van der Waals surface area (Å²) in [6, 6.07) is 8.15. The number of halogens is 3. The van der Waals surface area contributed by atoms with E-state index in [0.29, 0.717) is 4.90 Å². The van der Waals surface area contributed by atoms with Gasteiger partial charge in [-0.1, -0.05) is 12.1 Å². The van der Waals surface area contributed by atoms with E-state index in [1.54, 1.807) is 0 Å². The van der Waals surface area contributed by atoms with Gasteiger partial charge in [0.05, 0.1) is 18.4 Å². The first kappa shape index (κ1) is 19.0. The molecule has 7 nitrogen and oxygen atoms in total. The van der Waals surface area contributed by atoms with E-state index in [4.69, 9.17) is 4.42 Å². The van der Waals surface area contributed by atoms with Gasteiger partial charge in [-0.2, -0.15) is 13.2 Å². The summed E-state index contributed by atoms with van der Waals surface area (Å²) < 4.78 is 68.6. The van der Waals surface area contributed by atoms with Crippen molar-refractivity contribution in [2.45, 2.75) is 17.6 Å². The molecular formula is C16H13F3N2O5S. The lowest BCUT2D eigenvalue weighted by Crippen LogP contribution is -2.45. The monoisotopic (exact) mass is 402 g/mol. The largest absolute Gasteiger partial charge is 0.467 e. The zero-order chi connectivity index (χ0) is 19.8. The lowest BCUT2D eigenvalue weighted by Gasteiger charge is -2.25. The summed E-state index contributed by atoms with van der Waals surface area (Å²) in [5.41, 5.74) is -0.126. The number of rotatable bonds is 5. The van der Waals surface area contributed by atoms with E-state index in [1.807, 2.05) is 0 Å². The highest BCUT2D eigenvalue weighted by Gasteiger charge is 2.43. The van der Waals surface area contributed by atoms with Gasteiger partial charge < -0.3 is 9.32 Å². The molecule has 11 heteroatoms. The average molecular weight is 402 g/mol. The van der Waals surface area contributed by atoms with Crippen LogP contribution in [0.25, 0.3) is 0 Å². The summed E-state index contributed by atoms with van der Waals surface area (Å²) in [6.45, 7) is -3.16. The number of hydrogen-bond donors (Lipinski definition) is 0. The predicted octanol–water partition coefficient (Wildman–Crippen LogP) is 2.02. The van der Waals surface area contributed by atoms with Crippen LogP contribution in [0.3, 0.4) is 0 Å². The molecule has 1 aliphatic rings. The number of hydrogen-bond acceptors (Lipinski definition) is 5. The molecule has 0 spiro atoms. The number of alkyl halides is 3. The van der Waals surface area contributed by atoms with E-state index < -0.39 is 47.6 Å². The van der Waals surface area contributed by atoms with Crippen LogP contribution in [0.4, 0.5) is 13.2 Å². The van der Waals surface area contributed by atoms with Gasteiger partial charge in [0.1, 0.15) is 23.7 Å². The predicted molar refractivity (Wildman–Crippen MR) is 84.8 cm³/mol. The standard InChI is InChI=1S/C16H13F3N2O5S/c17-16(18,19)10-20(8-11-4-3-7-26-11)14(22)9-21-15(23)12-5-1-2-6-13(12)27(21,24)25/h1-7H,8-10H2. The van der Waals surface area contributed by atoms with Gasteiger partial charge in [0.25, 0.3) is 15.9 Å². The van der Waals surface area contributed by atoms with Crippen molar-refractivity contribution < 1.29 is 35.6 Å². The minimum absolute atomic E-state index is 0.0893. The van der Waals surface area contributed by atoms with Crippen LogP contribution in [0.2, 0.25) is 0 Å². The molecule has 0 bridgehead atoms. The molecule has 0 radical (unpaired) electrons. The van der Waals surface area contributed by atoms with Gasteiger partial charge in [0.2, 0.25) is 5.91 Å². The number of sulfonamides is 1. The number of amides is 2. The maximum atomic E-state index is 12.8. The van der Waals surface area contributed by atoms with Crippen molar-refractivity contribution in [3.63, 3.8) is 0 Å². The van der Waals surface area contributed by atoms with Crippen LogP contribution in [0, 0.1) is 0 Å². The van der Waals surface area contributed by atoms with Crippen LogP contribution < -0.4 is 0 Å². The van der Waals surface area contributed by atoms with Crippen LogP contribution >= 0.6 is 0 Å². The highest BCUT2D eigenvalue weighted by molar-refractivity contribution is 7.90. The minimum atomic E-state index is -4.71. The molecule has 1 aliphatic heterocycles. The van der Waals surface area contributed by atoms with Gasteiger partial charge in [-0.05, 0) is 24.3 Å². The van der Waals surface area contributed by atoms with Crippen LogP contribution in [0.15, 0.2) is 52.0 Å². The topological polar surface area (TPSA) is 87.9 Å². The van der Waals surface area contributed by atoms with Crippen molar-refractivity contribution in [1.82, 2.24) is 9.21 Å². The van der Waals surface area contributed by atoms with Gasteiger partial charge in [0.15, 0.2) is 0 Å². The Morgan fingerprint density at radius 1 is 1.15 bits per heavy atom. The molecule has 0 aliphatic carbocycles. The van der Waals surface area contributed by atoms with Gasteiger partial charge in [-0.3, -0.25) is 9.59 Å². The SMILES string of the molecule is O=C(CN1C(=O)c2ccccc2S1(=O)=O)N(Cc1ccco1)CC(F)(F)F. The minimum Gasteiger partial charge on any atom is -0.467 e. The van der Waals surface area contributed by atoms with E-state index in [-0.39, 0.29) is 20.5 Å². The Balaban J connectivity index is 1.84. The van der Waals surface area contributed by atoms with Crippen LogP contribution in [-0.2, 0) is 21.4 Å². The summed E-state index contributed by atoms with van der Waals surface area (Å²) in [4.78, 5) is 24.8. The Morgan fingerprint density at radius 3 is 2.44 bits per heavy atom. The first-order valence-electron chi connectivity index (χ1n) is 7.62. The normalized spacial score (nSPS) is 15.7. The Hall–Kier alpha value is -2.82. The van der Waals surface area contributed by atoms with Gasteiger partial charge >= 0.3 is 6.18 Å². The molecule has 2 heterocycles. The molecule has 0 atom stereocenters. The first-order chi connectivity index (χ1) is 12.6. The van der Waals surface area contributed by atoms with Crippen LogP contribution in [-0.4, -0.2) is 48.7 Å². The lowest BCUT2D eigenvalue weighted by molar-refractivity contribution is -0.162. The molecule has 144 valence electrons. The highest BCUT2D eigenvalue weighted by atomic mass is 32.2. The van der Waals surface area contributed by atoms with Crippen molar-refractivity contribution in [3.8, 4) is 0 Å². The van der Waals surface area contributed by atoms with Gasteiger partial charge in [0, 0.05) is 0 Å². The molecule has 0 unspecified atom stereocenters. The highest BCUT2D eigenvalue weighted by Crippen LogP contribution is 2.30. The van der Waals surface area contributed by atoms with E-state index in [1.165, 1.54) is 42.7 Å². The number of benzene rings is 1. The average Bonchev–Trinajstić information content (AvgIpc) is 3.15. The zero-order valence-corrected chi connectivity index (χ0v) is 14.5. The third-order valence-corrected chi connectivity index (χ3v) is 5.63. The maximum Gasteiger partial charge on any atom is 0.406 e. The number of furan rings is 1. The summed E-state index contributed by atoms with van der Waals surface area (Å²) in [7, 11) is -4.30. The van der Waals surface area contributed by atoms with E-state index in [9.17, 15) is 31.2 Å². The molecule has 27 heavy (non-hydrogen) atoms. The number of fused-ring (bicyclic) bond motifs is 1. The summed E-state index contributed by atoms with van der Waals surface area (Å²) in [5, 5.41) is 0. The smallest absolute Gasteiger partial charge is 0.406 e. The number of carbonyl (C=O) groups is 2. The fourth-order valence-electron chi connectivity index (χ4n) is 2.65. The zero-order valence-electron chi connectivity index (χ0n) is 13.6. The fourth-order valence-corrected chi connectivity index (χ4v) is 4.17. The Bertz CT molecular complexity index is 970. The molecule has 2 amide bonds. The second-order valence-electron chi connectivity index (χ2n) is 5.76. The first-order valence-corrected chi connectivity index (χ1v) is 9.06. The Labute approximate surface area is 152 Å². The van der Waals surface area contributed by atoms with Gasteiger partial charge in [-0.25, -0.2) is 12.7 Å². The van der Waals surface area contributed by atoms with E-state index in [2.05, 4.69) is 0 Å². The molecule has 0 saturated carbocycles. The molecular weight excluding hydrogens is 389 g/mol. The molecule has 0 saturated heterocycles. The van der Waals surface area contributed by atoms with Crippen molar-refractivity contribution in [2.24, 2.45) is 0 Å². The van der Waals surface area contributed by atoms with Crippen LogP contribution in [0.5, 0.6) is 0 Å². The second kappa shape index (κ2) is 6.72. The van der Waals surface area contributed by atoms with Crippen molar-refractivity contribution >= 4 is 21.8 Å². The second-order valence-corrected chi connectivity index (χ2v) is 7.59. The quantitative estimate of drug-likeness (QED) is 0.764. The molecule has 3 rings (SSSR count). The van der Waals surface area contributed by atoms with Crippen molar-refractivity contribution in [1.29, 1.82) is 0 Å². The fraction of sp³-hybridized carbons (Fsp3) is 0.250. The Kier molecular flexibility index (Phi) is 4.72. The molecule has 2 aromatic rings. The number of nitrogens with zero attached hydrogens (tertiary/aromatic N) is 2. The maximum absolute atomic E-state index is 12.8. The number of carbonyl (C=O) groups excluding carboxylic acids is 2. The lowest BCUT2D eigenvalue weighted by atomic mass is 10.2. The molecule has 1 aromatic carbocycles. The van der Waals surface area contributed by atoms with E-state index >= 15 is 0 Å². The van der Waals surface area contributed by atoms with E-state index in [0.717, 1.165) is 0 Å². The Morgan fingerprint density at radius 2 is 1.85 bits per heavy atom. The summed E-state index contributed by atoms with van der Waals surface area (Å²) in [5.74, 6) is -2.04. The third-order valence-electron chi connectivity index (χ3n) is 3.84. The third kappa shape index (κ3) is 3.82. The van der Waals surface area contributed by atoms with Crippen LogP contribution in [0.1, 0.15) is 16.1 Å². The summed E-state index contributed by atoms with van der Waals surface area (Å²) in [6.07, 6.45) is -3.48. The van der Waals surface area contributed by atoms with Crippen molar-refractivity contribution in [2.75, 3.05) is 13.1 Å². The molecule has 1 aromatic heterocycles.